The fourth-order valence-corrected chi connectivity index (χ4v) is 4.52. The van der Waals surface area contributed by atoms with Crippen LogP contribution in [0.2, 0.25) is 0 Å². The van der Waals surface area contributed by atoms with Gasteiger partial charge in [0.25, 0.3) is 5.69 Å². The zero-order valence-electron chi connectivity index (χ0n) is 14.8. The molecule has 0 amide bonds. The van der Waals surface area contributed by atoms with Crippen molar-refractivity contribution >= 4 is 62.8 Å². The number of hydrogen-bond donors (Lipinski definition) is 1. The van der Waals surface area contributed by atoms with Gasteiger partial charge in [0, 0.05) is 17.7 Å². The topological polar surface area (TPSA) is 76.8 Å². The van der Waals surface area contributed by atoms with Crippen LogP contribution in [0, 0.1) is 23.1 Å². The van der Waals surface area contributed by atoms with Crippen molar-refractivity contribution in [3.63, 3.8) is 0 Å². The number of halogens is 3. The molecule has 0 saturated carbocycles. The van der Waals surface area contributed by atoms with E-state index in [-0.39, 0.29) is 18.1 Å². The van der Waals surface area contributed by atoms with Gasteiger partial charge in [0.1, 0.15) is 18.2 Å². The van der Waals surface area contributed by atoms with E-state index in [1.807, 2.05) is 12.1 Å². The lowest BCUT2D eigenvalue weighted by molar-refractivity contribution is -0.384. The van der Waals surface area contributed by atoms with E-state index < -0.39 is 4.92 Å². The zero-order chi connectivity index (χ0) is 20.8. The Morgan fingerprint density at radius 2 is 1.76 bits per heavy atom. The van der Waals surface area contributed by atoms with Gasteiger partial charge in [-0.2, -0.15) is 5.10 Å². The van der Waals surface area contributed by atoms with Crippen molar-refractivity contribution in [2.24, 2.45) is 5.10 Å². The molecule has 3 aromatic rings. The molecule has 29 heavy (non-hydrogen) atoms. The summed E-state index contributed by atoms with van der Waals surface area (Å²) < 4.78 is 21.3. The van der Waals surface area contributed by atoms with Gasteiger partial charge in [-0.05, 0) is 81.1 Å². The van der Waals surface area contributed by atoms with Gasteiger partial charge in [-0.3, -0.25) is 15.5 Å². The molecular weight excluding hydrogens is 603 g/mol. The van der Waals surface area contributed by atoms with Crippen LogP contribution in [0.1, 0.15) is 11.1 Å². The van der Waals surface area contributed by atoms with Crippen molar-refractivity contribution in [2.75, 3.05) is 5.43 Å². The Morgan fingerprint density at radius 3 is 2.38 bits per heavy atom. The second-order valence-corrected chi connectivity index (χ2v) is 8.19. The second-order valence-electron chi connectivity index (χ2n) is 5.87. The van der Waals surface area contributed by atoms with Crippen molar-refractivity contribution in [1.29, 1.82) is 0 Å². The third-order valence-corrected chi connectivity index (χ3v) is 5.44. The number of ether oxygens (including phenoxy) is 1. The highest BCUT2D eigenvalue weighted by atomic mass is 127. The van der Waals surface area contributed by atoms with Gasteiger partial charge in [0.05, 0.1) is 24.0 Å². The number of nitro groups is 1. The number of nitrogens with one attached hydrogen (secondary N) is 1. The molecule has 0 spiro atoms. The molecule has 0 bridgehead atoms. The number of rotatable bonds is 7. The van der Waals surface area contributed by atoms with E-state index >= 15 is 0 Å². The molecular formula is C20H14FI2N3O3. The summed E-state index contributed by atoms with van der Waals surface area (Å²) in [5, 5.41) is 14.8. The lowest BCUT2D eigenvalue weighted by Gasteiger charge is -2.12. The summed E-state index contributed by atoms with van der Waals surface area (Å²) in [4.78, 5) is 10.2. The molecule has 1 N–H and O–H groups in total. The Labute approximate surface area is 193 Å². The second kappa shape index (κ2) is 9.96. The first kappa shape index (κ1) is 21.4. The number of non-ortho nitro benzene ring substituents is 1. The molecule has 0 aromatic heterocycles. The van der Waals surface area contributed by atoms with Crippen LogP contribution < -0.4 is 10.2 Å². The first-order chi connectivity index (χ1) is 13.9. The molecule has 0 aliphatic carbocycles. The Balaban J connectivity index is 1.66. The molecule has 148 valence electrons. The van der Waals surface area contributed by atoms with E-state index in [1.165, 1.54) is 18.2 Å². The van der Waals surface area contributed by atoms with E-state index in [0.717, 1.165) is 12.7 Å². The van der Waals surface area contributed by atoms with Gasteiger partial charge in [-0.25, -0.2) is 4.39 Å². The van der Waals surface area contributed by atoms with E-state index in [1.54, 1.807) is 36.5 Å². The molecule has 0 radical (unpaired) electrons. The van der Waals surface area contributed by atoms with Crippen LogP contribution in [-0.4, -0.2) is 11.1 Å². The number of benzene rings is 3. The summed E-state index contributed by atoms with van der Waals surface area (Å²) in [6, 6.07) is 16.3. The molecule has 0 unspecified atom stereocenters. The molecule has 3 aromatic carbocycles. The number of nitro benzene ring substituents is 1. The summed E-state index contributed by atoms with van der Waals surface area (Å²) in [5.74, 6) is 0.397. The molecule has 6 nitrogen and oxygen atoms in total. The van der Waals surface area contributed by atoms with Crippen LogP contribution in [0.3, 0.4) is 0 Å². The minimum absolute atomic E-state index is 0.0228. The molecule has 0 atom stereocenters. The molecule has 3 rings (SSSR count). The molecule has 0 heterocycles. The molecule has 0 fully saturated rings. The highest BCUT2D eigenvalue weighted by Crippen LogP contribution is 2.29. The van der Waals surface area contributed by atoms with Crippen LogP contribution >= 0.6 is 45.2 Å². The van der Waals surface area contributed by atoms with Crippen molar-refractivity contribution in [2.45, 2.75) is 6.61 Å². The van der Waals surface area contributed by atoms with Gasteiger partial charge in [-0.15, -0.1) is 0 Å². The van der Waals surface area contributed by atoms with Crippen LogP contribution in [-0.2, 0) is 6.61 Å². The average Bonchev–Trinajstić information content (AvgIpc) is 2.69. The maximum atomic E-state index is 13.8. The number of anilines is 1. The molecule has 0 saturated heterocycles. The van der Waals surface area contributed by atoms with Gasteiger partial charge < -0.3 is 4.74 Å². The Hall–Kier alpha value is -2.28. The summed E-state index contributed by atoms with van der Waals surface area (Å²) in [6.45, 7) is 0.147. The maximum absolute atomic E-state index is 13.8. The van der Waals surface area contributed by atoms with Crippen LogP contribution in [0.25, 0.3) is 0 Å². The van der Waals surface area contributed by atoms with Gasteiger partial charge in [0.2, 0.25) is 0 Å². The van der Waals surface area contributed by atoms with Gasteiger partial charge in [0.15, 0.2) is 0 Å². The molecule has 0 aliphatic rings. The number of hydrogen-bond acceptors (Lipinski definition) is 5. The maximum Gasteiger partial charge on any atom is 0.269 e. The van der Waals surface area contributed by atoms with E-state index in [4.69, 9.17) is 4.74 Å². The lowest BCUT2D eigenvalue weighted by atomic mass is 10.2. The Kier molecular flexibility index (Phi) is 7.36. The first-order valence-corrected chi connectivity index (χ1v) is 10.5. The highest BCUT2D eigenvalue weighted by Gasteiger charge is 2.10. The van der Waals surface area contributed by atoms with Gasteiger partial charge >= 0.3 is 0 Å². The van der Waals surface area contributed by atoms with Gasteiger partial charge in [-0.1, -0.05) is 18.2 Å². The normalized spacial score (nSPS) is 10.9. The monoisotopic (exact) mass is 617 g/mol. The number of hydrazone groups is 1. The van der Waals surface area contributed by atoms with E-state index in [9.17, 15) is 14.5 Å². The largest absolute Gasteiger partial charge is 0.487 e. The summed E-state index contributed by atoms with van der Waals surface area (Å²) in [7, 11) is 0. The summed E-state index contributed by atoms with van der Waals surface area (Å²) >= 11 is 4.33. The first-order valence-electron chi connectivity index (χ1n) is 8.33. The van der Waals surface area contributed by atoms with Crippen molar-refractivity contribution < 1.29 is 14.1 Å². The van der Waals surface area contributed by atoms with Crippen LogP contribution in [0.4, 0.5) is 15.8 Å². The lowest BCUT2D eigenvalue weighted by Crippen LogP contribution is -2.02. The van der Waals surface area contributed by atoms with Crippen LogP contribution in [0.5, 0.6) is 5.75 Å². The quantitative estimate of drug-likeness (QED) is 0.154. The smallest absolute Gasteiger partial charge is 0.269 e. The minimum Gasteiger partial charge on any atom is -0.487 e. The Morgan fingerprint density at radius 1 is 1.10 bits per heavy atom. The zero-order valence-corrected chi connectivity index (χ0v) is 19.1. The fraction of sp³-hybridized carbons (Fsp3) is 0.0500. The highest BCUT2D eigenvalue weighted by molar-refractivity contribution is 14.1. The van der Waals surface area contributed by atoms with Crippen molar-refractivity contribution in [3.05, 3.63) is 94.9 Å². The third-order valence-electron chi connectivity index (χ3n) is 3.84. The number of nitrogens with zero attached hydrogens (tertiary/aromatic N) is 2. The standard InChI is InChI=1S/C20H14FI2N3O3/c21-17-4-2-1-3-14(17)12-29-20-18(22)9-13(10-19(20)23)11-24-25-15-5-7-16(8-6-15)26(27)28/h1-11,25H,12H2/b24-11+. The molecule has 9 heteroatoms. The van der Waals surface area contributed by atoms with E-state index in [0.29, 0.717) is 17.0 Å². The van der Waals surface area contributed by atoms with Crippen molar-refractivity contribution in [3.8, 4) is 5.75 Å². The van der Waals surface area contributed by atoms with E-state index in [2.05, 4.69) is 55.7 Å². The minimum atomic E-state index is -0.452. The SMILES string of the molecule is O=[N+]([O-])c1ccc(N/N=C/c2cc(I)c(OCc3ccccc3F)c(I)c2)cc1. The summed E-state index contributed by atoms with van der Waals surface area (Å²) in [6.07, 6.45) is 1.65. The summed E-state index contributed by atoms with van der Waals surface area (Å²) in [5.41, 5.74) is 4.85. The molecule has 0 aliphatic heterocycles. The predicted octanol–water partition coefficient (Wildman–Crippen LogP) is 5.97. The van der Waals surface area contributed by atoms with Crippen molar-refractivity contribution in [1.82, 2.24) is 0 Å². The third kappa shape index (κ3) is 5.85. The fourth-order valence-electron chi connectivity index (χ4n) is 2.40. The Bertz CT molecular complexity index is 1040. The average molecular weight is 617 g/mol. The van der Waals surface area contributed by atoms with Crippen LogP contribution in [0.15, 0.2) is 65.8 Å². The predicted molar refractivity (Wildman–Crippen MR) is 127 cm³/mol.